The molecule has 0 unspecified atom stereocenters. The number of halogens is 1. The summed E-state index contributed by atoms with van der Waals surface area (Å²) in [6.07, 6.45) is 0.845. The van der Waals surface area contributed by atoms with Crippen LogP contribution >= 0.6 is 11.6 Å². The molecule has 0 atom stereocenters. The van der Waals surface area contributed by atoms with Gasteiger partial charge in [0, 0.05) is 5.56 Å². The number of nitrogens with one attached hydrogen (secondary N) is 1. The van der Waals surface area contributed by atoms with Crippen LogP contribution in [-0.2, 0) is 0 Å². The molecule has 1 amide bonds. The molecule has 6 heteroatoms. The number of amides is 1. The van der Waals surface area contributed by atoms with Gasteiger partial charge in [-0.25, -0.2) is 0 Å². The lowest BCUT2D eigenvalue weighted by atomic mass is 10.1. The van der Waals surface area contributed by atoms with Crippen LogP contribution in [0.25, 0.3) is 0 Å². The van der Waals surface area contributed by atoms with Crippen LogP contribution in [0, 0.1) is 6.92 Å². The van der Waals surface area contributed by atoms with Crippen LogP contribution < -0.4 is 19.5 Å². The third kappa shape index (κ3) is 4.82. The molecule has 0 bridgehead atoms. The molecule has 0 heterocycles. The first-order valence-corrected chi connectivity index (χ1v) is 8.93. The third-order valence-electron chi connectivity index (χ3n) is 3.63. The predicted molar refractivity (Wildman–Crippen MR) is 104 cm³/mol. The number of rotatable bonds is 8. The number of carbonyl (C=O) groups is 1. The molecule has 0 aromatic heterocycles. The van der Waals surface area contributed by atoms with Crippen LogP contribution in [0.2, 0.25) is 5.02 Å². The fraction of sp³-hybridized carbons (Fsp3) is 0.350. The Morgan fingerprint density at radius 2 is 1.88 bits per heavy atom. The molecule has 0 aliphatic carbocycles. The Balaban J connectivity index is 2.33. The van der Waals surface area contributed by atoms with E-state index in [1.807, 2.05) is 39.0 Å². The first-order chi connectivity index (χ1) is 12.5. The van der Waals surface area contributed by atoms with Gasteiger partial charge in [0.2, 0.25) is 0 Å². The Bertz CT molecular complexity index is 777. The van der Waals surface area contributed by atoms with Crippen LogP contribution in [0.4, 0.5) is 5.69 Å². The molecule has 2 rings (SSSR count). The Hall–Kier alpha value is -2.40. The minimum absolute atomic E-state index is 0.307. The van der Waals surface area contributed by atoms with E-state index in [4.69, 9.17) is 25.8 Å². The van der Waals surface area contributed by atoms with Gasteiger partial charge in [-0.2, -0.15) is 0 Å². The van der Waals surface area contributed by atoms with Crippen molar-refractivity contribution in [3.05, 3.63) is 46.5 Å². The van der Waals surface area contributed by atoms with Gasteiger partial charge < -0.3 is 19.5 Å². The zero-order valence-electron chi connectivity index (χ0n) is 15.5. The second-order valence-corrected chi connectivity index (χ2v) is 6.13. The summed E-state index contributed by atoms with van der Waals surface area (Å²) in [5, 5.41) is 3.20. The van der Waals surface area contributed by atoms with Crippen molar-refractivity contribution in [1.29, 1.82) is 0 Å². The highest BCUT2D eigenvalue weighted by molar-refractivity contribution is 6.32. The third-order valence-corrected chi connectivity index (χ3v) is 3.91. The van der Waals surface area contributed by atoms with Gasteiger partial charge in [0.15, 0.2) is 11.5 Å². The fourth-order valence-electron chi connectivity index (χ4n) is 2.42. The Morgan fingerprint density at radius 1 is 1.12 bits per heavy atom. The summed E-state index contributed by atoms with van der Waals surface area (Å²) in [7, 11) is 1.56. The molecule has 0 spiro atoms. The molecule has 1 N–H and O–H groups in total. The maximum atomic E-state index is 12.7. The van der Waals surface area contributed by atoms with Crippen LogP contribution in [0.1, 0.15) is 36.2 Å². The molecule has 26 heavy (non-hydrogen) atoms. The first kappa shape index (κ1) is 19.9. The summed E-state index contributed by atoms with van der Waals surface area (Å²) < 4.78 is 16.6. The zero-order chi connectivity index (χ0) is 19.1. The Morgan fingerprint density at radius 3 is 2.54 bits per heavy atom. The molecule has 0 fully saturated rings. The second-order valence-electron chi connectivity index (χ2n) is 5.72. The number of hydrogen-bond donors (Lipinski definition) is 1. The lowest BCUT2D eigenvalue weighted by molar-refractivity contribution is 0.102. The van der Waals surface area contributed by atoms with Crippen molar-refractivity contribution in [3.8, 4) is 17.2 Å². The van der Waals surface area contributed by atoms with Crippen LogP contribution in [-0.4, -0.2) is 26.2 Å². The van der Waals surface area contributed by atoms with Gasteiger partial charge in [-0.05, 0) is 50.1 Å². The highest BCUT2D eigenvalue weighted by atomic mass is 35.5. The van der Waals surface area contributed by atoms with Crippen LogP contribution in [0.3, 0.4) is 0 Å². The maximum absolute atomic E-state index is 12.7. The molecule has 0 radical (unpaired) electrons. The number of aryl methyl sites for hydroxylation is 1. The van der Waals surface area contributed by atoms with E-state index in [1.165, 1.54) is 0 Å². The topological polar surface area (TPSA) is 56.8 Å². The monoisotopic (exact) mass is 377 g/mol. The standard InChI is InChI=1S/C20H24ClNO4/c1-5-9-26-19-15(21)11-14(12-18(19)25-6-2)20(23)22-16-10-13(3)7-8-17(16)24-4/h7-8,10-12H,5-6,9H2,1-4H3,(H,22,23). The van der Waals surface area contributed by atoms with Crippen molar-refractivity contribution in [3.63, 3.8) is 0 Å². The average molecular weight is 378 g/mol. The summed E-state index contributed by atoms with van der Waals surface area (Å²) in [4.78, 5) is 12.7. The van der Waals surface area contributed by atoms with Gasteiger partial charge in [-0.3, -0.25) is 4.79 Å². The number of ether oxygens (including phenoxy) is 3. The summed E-state index contributed by atoms with van der Waals surface area (Å²) in [5.74, 6) is 1.19. The molecule has 0 saturated heterocycles. The summed E-state index contributed by atoms with van der Waals surface area (Å²) in [5.41, 5.74) is 1.99. The van der Waals surface area contributed by atoms with E-state index in [1.54, 1.807) is 19.2 Å². The van der Waals surface area contributed by atoms with E-state index < -0.39 is 0 Å². The normalized spacial score (nSPS) is 10.3. The summed E-state index contributed by atoms with van der Waals surface area (Å²) >= 11 is 6.33. The molecule has 0 saturated carbocycles. The minimum atomic E-state index is -0.307. The summed E-state index contributed by atoms with van der Waals surface area (Å²) in [6, 6.07) is 8.79. The minimum Gasteiger partial charge on any atom is -0.495 e. The number of anilines is 1. The van der Waals surface area contributed by atoms with Gasteiger partial charge in [0.05, 0.1) is 31.0 Å². The van der Waals surface area contributed by atoms with Gasteiger partial charge in [0.25, 0.3) is 5.91 Å². The van der Waals surface area contributed by atoms with Gasteiger partial charge in [0.1, 0.15) is 5.75 Å². The molecule has 140 valence electrons. The molecular formula is C20H24ClNO4. The van der Waals surface area contributed by atoms with Crippen LogP contribution in [0.15, 0.2) is 30.3 Å². The van der Waals surface area contributed by atoms with E-state index in [0.29, 0.717) is 46.7 Å². The van der Waals surface area contributed by atoms with Crippen molar-refractivity contribution in [1.82, 2.24) is 0 Å². The molecule has 5 nitrogen and oxygen atoms in total. The van der Waals surface area contributed by atoms with Gasteiger partial charge in [-0.15, -0.1) is 0 Å². The van der Waals surface area contributed by atoms with Crippen molar-refractivity contribution >= 4 is 23.2 Å². The average Bonchev–Trinajstić information content (AvgIpc) is 2.61. The van der Waals surface area contributed by atoms with E-state index >= 15 is 0 Å². The molecule has 0 aliphatic heterocycles. The molecule has 2 aromatic carbocycles. The maximum Gasteiger partial charge on any atom is 0.255 e. The molecule has 0 aliphatic rings. The predicted octanol–water partition coefficient (Wildman–Crippen LogP) is 5.10. The lowest BCUT2D eigenvalue weighted by Crippen LogP contribution is -2.13. The first-order valence-electron chi connectivity index (χ1n) is 8.55. The van der Waals surface area contributed by atoms with Gasteiger partial charge in [-0.1, -0.05) is 24.6 Å². The number of carbonyl (C=O) groups excluding carboxylic acids is 1. The zero-order valence-corrected chi connectivity index (χ0v) is 16.3. The smallest absolute Gasteiger partial charge is 0.255 e. The van der Waals surface area contributed by atoms with Crippen molar-refractivity contribution in [2.75, 3.05) is 25.6 Å². The van der Waals surface area contributed by atoms with E-state index in [0.717, 1.165) is 12.0 Å². The lowest BCUT2D eigenvalue weighted by Gasteiger charge is -2.15. The van der Waals surface area contributed by atoms with Gasteiger partial charge >= 0.3 is 0 Å². The number of benzene rings is 2. The second kappa shape index (κ2) is 9.34. The quantitative estimate of drug-likeness (QED) is 0.695. The highest BCUT2D eigenvalue weighted by Gasteiger charge is 2.17. The number of methoxy groups -OCH3 is 1. The largest absolute Gasteiger partial charge is 0.495 e. The van der Waals surface area contributed by atoms with Crippen molar-refractivity contribution < 1.29 is 19.0 Å². The summed E-state index contributed by atoms with van der Waals surface area (Å²) in [6.45, 7) is 6.77. The van der Waals surface area contributed by atoms with E-state index in [2.05, 4.69) is 5.32 Å². The molecular weight excluding hydrogens is 354 g/mol. The Kier molecular flexibility index (Phi) is 7.16. The number of hydrogen-bond acceptors (Lipinski definition) is 4. The Labute approximate surface area is 159 Å². The van der Waals surface area contributed by atoms with E-state index in [9.17, 15) is 4.79 Å². The highest BCUT2D eigenvalue weighted by Crippen LogP contribution is 2.37. The molecule has 2 aromatic rings. The van der Waals surface area contributed by atoms with Crippen LogP contribution in [0.5, 0.6) is 17.2 Å². The van der Waals surface area contributed by atoms with Crippen molar-refractivity contribution in [2.45, 2.75) is 27.2 Å². The van der Waals surface area contributed by atoms with Crippen molar-refractivity contribution in [2.24, 2.45) is 0 Å². The fourth-order valence-corrected chi connectivity index (χ4v) is 2.69. The van der Waals surface area contributed by atoms with E-state index in [-0.39, 0.29) is 5.91 Å². The SMILES string of the molecule is CCCOc1c(Cl)cc(C(=O)Nc2cc(C)ccc2OC)cc1OCC.